The molecular weight excluding hydrogens is 388 g/mol. The summed E-state index contributed by atoms with van der Waals surface area (Å²) in [5.41, 5.74) is 3.18. The van der Waals surface area contributed by atoms with Gasteiger partial charge in [-0.25, -0.2) is 4.98 Å². The van der Waals surface area contributed by atoms with Crippen molar-refractivity contribution in [1.29, 1.82) is 0 Å². The molecule has 152 valence electrons. The molecule has 1 N–H and O–H groups in total. The Morgan fingerprint density at radius 3 is 2.31 bits per heavy atom. The van der Waals surface area contributed by atoms with Crippen LogP contribution in [-0.2, 0) is 16.7 Å². The molecule has 3 aromatic rings. The van der Waals surface area contributed by atoms with Crippen molar-refractivity contribution in [2.45, 2.75) is 18.4 Å². The molecule has 0 aliphatic carbocycles. The van der Waals surface area contributed by atoms with Crippen LogP contribution in [-0.4, -0.2) is 49.5 Å². The highest BCUT2D eigenvalue weighted by molar-refractivity contribution is 7.87. The number of nitrogens with zero attached hydrogens (tertiary/aromatic N) is 3. The molecule has 1 saturated heterocycles. The number of aryl methyl sites for hydroxylation is 1. The molecule has 0 atom stereocenters. The number of nitrogens with one attached hydrogen (secondary N) is 1. The molecule has 0 spiro atoms. The van der Waals surface area contributed by atoms with E-state index in [1.54, 1.807) is 42.7 Å². The Morgan fingerprint density at radius 1 is 1.00 bits per heavy atom. The zero-order valence-electron chi connectivity index (χ0n) is 16.3. The molecule has 2 aromatic carbocycles. The zero-order valence-corrected chi connectivity index (χ0v) is 17.1. The summed E-state index contributed by atoms with van der Waals surface area (Å²) in [6, 6.07) is 13.9. The number of anilines is 1. The highest BCUT2D eigenvalue weighted by Crippen LogP contribution is 2.24. The van der Waals surface area contributed by atoms with E-state index in [1.165, 1.54) is 0 Å². The van der Waals surface area contributed by atoms with Gasteiger partial charge in [-0.05, 0) is 43.3 Å². The number of hydrogen-bond donors (Lipinski definition) is 1. The average Bonchev–Trinajstić information content (AvgIpc) is 3.22. The second-order valence-corrected chi connectivity index (χ2v) is 8.73. The van der Waals surface area contributed by atoms with E-state index in [0.29, 0.717) is 5.75 Å². The van der Waals surface area contributed by atoms with Crippen molar-refractivity contribution in [3.63, 3.8) is 0 Å². The zero-order chi connectivity index (χ0) is 20.3. The lowest BCUT2D eigenvalue weighted by atomic mass is 10.2. The Kier molecular flexibility index (Phi) is 5.55. The van der Waals surface area contributed by atoms with Gasteiger partial charge in [0.2, 0.25) is 0 Å². The van der Waals surface area contributed by atoms with Gasteiger partial charge in [0.05, 0.1) is 6.33 Å². The van der Waals surface area contributed by atoms with Crippen molar-refractivity contribution in [3.05, 3.63) is 72.3 Å². The second kappa shape index (κ2) is 8.26. The van der Waals surface area contributed by atoms with Crippen LogP contribution in [0.3, 0.4) is 0 Å². The fourth-order valence-electron chi connectivity index (χ4n) is 3.37. The van der Waals surface area contributed by atoms with Gasteiger partial charge in [-0.2, -0.15) is 8.42 Å². The molecule has 1 aliphatic rings. The van der Waals surface area contributed by atoms with E-state index in [1.807, 2.05) is 25.3 Å². The van der Waals surface area contributed by atoms with Crippen LogP contribution in [0.2, 0.25) is 0 Å². The summed E-state index contributed by atoms with van der Waals surface area (Å²) < 4.78 is 30.1. The standard InChI is InChI=1S/C21H24N4O3S/c1-17-2-8-21(9-3-17)29(26,27)28-20-6-4-19(5-7-20)25-12-10-24(11-13-25)15-18-14-22-16-23-18/h2-9,14,16H,10-13,15H2,1H3,(H,22,23). The summed E-state index contributed by atoms with van der Waals surface area (Å²) in [5.74, 6) is 0.312. The molecule has 0 unspecified atom stereocenters. The van der Waals surface area contributed by atoms with Crippen molar-refractivity contribution >= 4 is 15.8 Å². The Bertz CT molecular complexity index is 1020. The summed E-state index contributed by atoms with van der Waals surface area (Å²) in [6.45, 7) is 6.52. The lowest BCUT2D eigenvalue weighted by Gasteiger charge is -2.35. The summed E-state index contributed by atoms with van der Waals surface area (Å²) in [7, 11) is -3.83. The fourth-order valence-corrected chi connectivity index (χ4v) is 4.30. The third-order valence-electron chi connectivity index (χ3n) is 5.04. The number of benzene rings is 2. The Balaban J connectivity index is 1.35. The molecule has 7 nitrogen and oxygen atoms in total. The first-order valence-electron chi connectivity index (χ1n) is 9.55. The van der Waals surface area contributed by atoms with E-state index in [0.717, 1.165) is 49.7 Å². The van der Waals surface area contributed by atoms with Gasteiger partial charge < -0.3 is 14.1 Å². The lowest BCUT2D eigenvalue weighted by Crippen LogP contribution is -2.46. The first kappa shape index (κ1) is 19.5. The lowest BCUT2D eigenvalue weighted by molar-refractivity contribution is 0.247. The van der Waals surface area contributed by atoms with Crippen LogP contribution in [0.15, 0.2) is 66.0 Å². The van der Waals surface area contributed by atoms with Crippen LogP contribution in [0, 0.1) is 6.92 Å². The maximum atomic E-state index is 12.4. The molecule has 2 heterocycles. The van der Waals surface area contributed by atoms with Crippen LogP contribution in [0.4, 0.5) is 5.69 Å². The molecule has 1 aromatic heterocycles. The SMILES string of the molecule is Cc1ccc(S(=O)(=O)Oc2ccc(N3CCN(Cc4cnc[nH]4)CC3)cc2)cc1. The highest BCUT2D eigenvalue weighted by Gasteiger charge is 2.19. The van der Waals surface area contributed by atoms with Gasteiger partial charge in [0.15, 0.2) is 0 Å². The minimum absolute atomic E-state index is 0.153. The van der Waals surface area contributed by atoms with Gasteiger partial charge in [0.25, 0.3) is 0 Å². The van der Waals surface area contributed by atoms with E-state index >= 15 is 0 Å². The van der Waals surface area contributed by atoms with Crippen molar-refractivity contribution < 1.29 is 12.6 Å². The largest absolute Gasteiger partial charge is 0.379 e. The number of hydrogen-bond acceptors (Lipinski definition) is 6. The van der Waals surface area contributed by atoms with Gasteiger partial charge >= 0.3 is 10.1 Å². The monoisotopic (exact) mass is 412 g/mol. The smallest absolute Gasteiger partial charge is 0.339 e. The van der Waals surface area contributed by atoms with Crippen molar-refractivity contribution in [3.8, 4) is 5.75 Å². The number of aromatic nitrogens is 2. The van der Waals surface area contributed by atoms with Gasteiger partial charge in [-0.1, -0.05) is 17.7 Å². The minimum atomic E-state index is -3.83. The molecule has 8 heteroatoms. The number of imidazole rings is 1. The van der Waals surface area contributed by atoms with Crippen LogP contribution in [0.25, 0.3) is 0 Å². The molecule has 29 heavy (non-hydrogen) atoms. The summed E-state index contributed by atoms with van der Waals surface area (Å²) in [6.07, 6.45) is 3.56. The first-order chi connectivity index (χ1) is 14.0. The van der Waals surface area contributed by atoms with E-state index in [4.69, 9.17) is 4.18 Å². The van der Waals surface area contributed by atoms with Gasteiger partial charge in [-0.3, -0.25) is 4.90 Å². The van der Waals surface area contributed by atoms with Crippen LogP contribution in [0.5, 0.6) is 5.75 Å². The van der Waals surface area contributed by atoms with Crippen LogP contribution in [0.1, 0.15) is 11.3 Å². The summed E-state index contributed by atoms with van der Waals surface area (Å²) >= 11 is 0. The molecule has 0 saturated carbocycles. The number of aromatic amines is 1. The van der Waals surface area contributed by atoms with Crippen molar-refractivity contribution in [2.24, 2.45) is 0 Å². The Labute approximate surface area is 171 Å². The van der Waals surface area contributed by atoms with E-state index in [2.05, 4.69) is 19.8 Å². The first-order valence-corrected chi connectivity index (χ1v) is 11.0. The topological polar surface area (TPSA) is 78.5 Å². The van der Waals surface area contributed by atoms with Gasteiger partial charge in [-0.15, -0.1) is 0 Å². The normalized spacial score (nSPS) is 15.4. The Morgan fingerprint density at radius 2 is 1.69 bits per heavy atom. The van der Waals surface area contributed by atoms with E-state index < -0.39 is 10.1 Å². The molecular formula is C21H24N4O3S. The molecule has 4 rings (SSSR count). The van der Waals surface area contributed by atoms with E-state index in [9.17, 15) is 8.42 Å². The van der Waals surface area contributed by atoms with Crippen molar-refractivity contribution in [1.82, 2.24) is 14.9 Å². The molecule has 0 radical (unpaired) electrons. The number of piperazine rings is 1. The molecule has 0 amide bonds. The maximum absolute atomic E-state index is 12.4. The minimum Gasteiger partial charge on any atom is -0.379 e. The van der Waals surface area contributed by atoms with Crippen molar-refractivity contribution in [2.75, 3.05) is 31.1 Å². The maximum Gasteiger partial charge on any atom is 0.339 e. The molecule has 0 bridgehead atoms. The number of rotatable bonds is 6. The summed E-state index contributed by atoms with van der Waals surface area (Å²) in [5, 5.41) is 0. The summed E-state index contributed by atoms with van der Waals surface area (Å²) in [4.78, 5) is 12.0. The molecule has 1 fully saturated rings. The third kappa shape index (κ3) is 4.78. The van der Waals surface area contributed by atoms with Crippen LogP contribution >= 0.6 is 0 Å². The fraction of sp³-hybridized carbons (Fsp3) is 0.286. The van der Waals surface area contributed by atoms with E-state index in [-0.39, 0.29) is 4.90 Å². The predicted octanol–water partition coefficient (Wildman–Crippen LogP) is 2.81. The second-order valence-electron chi connectivity index (χ2n) is 7.18. The highest BCUT2D eigenvalue weighted by atomic mass is 32.2. The van der Waals surface area contributed by atoms with Crippen LogP contribution < -0.4 is 9.08 Å². The number of H-pyrrole nitrogens is 1. The third-order valence-corrected chi connectivity index (χ3v) is 6.30. The average molecular weight is 413 g/mol. The molecule has 1 aliphatic heterocycles. The van der Waals surface area contributed by atoms with Gasteiger partial charge in [0, 0.05) is 50.3 Å². The quantitative estimate of drug-likeness (QED) is 0.628. The van der Waals surface area contributed by atoms with Gasteiger partial charge in [0.1, 0.15) is 10.6 Å². The Hall–Kier alpha value is -2.84. The predicted molar refractivity (Wildman–Crippen MR) is 112 cm³/mol.